The second-order valence-electron chi connectivity index (χ2n) is 3.25. The number of nitrogens with one attached hydrogen (secondary N) is 1. The molecule has 0 saturated carbocycles. The Morgan fingerprint density at radius 3 is 2.94 bits per heavy atom. The summed E-state index contributed by atoms with van der Waals surface area (Å²) >= 11 is 0. The van der Waals surface area contributed by atoms with E-state index in [0.29, 0.717) is 11.3 Å². The molecule has 1 N–H and O–H groups in total. The number of aromatic amines is 1. The number of nitro groups is 1. The lowest BCUT2D eigenvalue weighted by Gasteiger charge is -1.97. The average Bonchev–Trinajstić information content (AvgIpc) is 2.78. The van der Waals surface area contributed by atoms with Gasteiger partial charge < -0.3 is 0 Å². The fourth-order valence-corrected chi connectivity index (χ4v) is 1.37. The van der Waals surface area contributed by atoms with Gasteiger partial charge in [0.05, 0.1) is 10.6 Å². The van der Waals surface area contributed by atoms with Crippen LogP contribution in [-0.4, -0.2) is 15.1 Å². The number of benzene rings is 1. The van der Waals surface area contributed by atoms with Crippen LogP contribution in [0.15, 0.2) is 29.4 Å². The van der Waals surface area contributed by atoms with Crippen LogP contribution in [0.5, 0.6) is 0 Å². The third-order valence-corrected chi connectivity index (χ3v) is 2.16. The zero-order chi connectivity index (χ0) is 13.1. The van der Waals surface area contributed by atoms with E-state index in [1.165, 1.54) is 12.1 Å². The lowest BCUT2D eigenvalue weighted by Crippen LogP contribution is -1.92. The monoisotopic (exact) mass is 248 g/mol. The Morgan fingerprint density at radius 2 is 2.28 bits per heavy atom. The van der Waals surface area contributed by atoms with Gasteiger partial charge in [0.1, 0.15) is 5.82 Å². The first-order valence-electron chi connectivity index (χ1n) is 4.66. The zero-order valence-corrected chi connectivity index (χ0v) is 8.74. The van der Waals surface area contributed by atoms with E-state index in [4.69, 9.17) is 5.53 Å². The second kappa shape index (κ2) is 4.52. The van der Waals surface area contributed by atoms with E-state index in [1.54, 1.807) is 0 Å². The van der Waals surface area contributed by atoms with Crippen LogP contribution in [0.3, 0.4) is 0 Å². The molecule has 9 heteroatoms. The normalized spacial score (nSPS) is 9.83. The average molecular weight is 248 g/mol. The molecule has 1 aromatic heterocycles. The minimum Gasteiger partial charge on any atom is -0.275 e. The summed E-state index contributed by atoms with van der Waals surface area (Å²) < 4.78 is 13.1. The molecule has 2 aromatic rings. The lowest BCUT2D eigenvalue weighted by atomic mass is 10.1. The van der Waals surface area contributed by atoms with E-state index in [0.717, 1.165) is 12.1 Å². The van der Waals surface area contributed by atoms with Crippen molar-refractivity contribution in [2.45, 2.75) is 0 Å². The van der Waals surface area contributed by atoms with Crippen LogP contribution in [-0.2, 0) is 0 Å². The number of nitro benzene ring substituents is 1. The first-order valence-corrected chi connectivity index (χ1v) is 4.66. The third kappa shape index (κ3) is 2.11. The number of nitrogens with zero attached hydrogens (tertiary/aromatic N) is 5. The van der Waals surface area contributed by atoms with Crippen LogP contribution >= 0.6 is 0 Å². The van der Waals surface area contributed by atoms with E-state index in [-0.39, 0.29) is 5.82 Å². The Balaban J connectivity index is 2.47. The Labute approximate surface area is 98.8 Å². The van der Waals surface area contributed by atoms with Crippen LogP contribution in [0.4, 0.5) is 15.9 Å². The second-order valence-corrected chi connectivity index (χ2v) is 3.25. The summed E-state index contributed by atoms with van der Waals surface area (Å²) in [5, 5.41) is 20.1. The van der Waals surface area contributed by atoms with E-state index in [9.17, 15) is 14.5 Å². The maximum atomic E-state index is 13.1. The smallest absolute Gasteiger partial charge is 0.275 e. The van der Waals surface area contributed by atoms with Crippen LogP contribution in [0, 0.1) is 15.9 Å². The summed E-state index contributed by atoms with van der Waals surface area (Å²) in [6.07, 6.45) is 0. The Hall–Kier alpha value is -2.93. The summed E-state index contributed by atoms with van der Waals surface area (Å²) in [5.41, 5.74) is 8.25. The van der Waals surface area contributed by atoms with Gasteiger partial charge in [0.15, 0.2) is 0 Å². The molecular weight excluding hydrogens is 243 g/mol. The molecule has 1 heterocycles. The van der Waals surface area contributed by atoms with Gasteiger partial charge in [-0.1, -0.05) is 0 Å². The minimum atomic E-state index is -0.922. The molecule has 0 aliphatic carbocycles. The molecule has 0 aliphatic rings. The molecule has 18 heavy (non-hydrogen) atoms. The topological polar surface area (TPSA) is 121 Å². The number of H-pyrrole nitrogens is 1. The van der Waals surface area contributed by atoms with Crippen molar-refractivity contribution in [1.29, 1.82) is 0 Å². The van der Waals surface area contributed by atoms with Crippen molar-refractivity contribution in [3.8, 4) is 11.3 Å². The van der Waals surface area contributed by atoms with Crippen LogP contribution in [0.25, 0.3) is 21.7 Å². The van der Waals surface area contributed by atoms with Gasteiger partial charge in [-0.25, -0.2) is 0 Å². The molecule has 0 fully saturated rings. The number of azide groups is 1. The standard InChI is InChI=1S/C9H5FN6O2/c10-6-2-1-5(3-8(6)16(17)18)7-4-9(13-12-7)14-15-11/h1-4H,(H,12,13). The molecule has 0 atom stereocenters. The van der Waals surface area contributed by atoms with Crippen LogP contribution < -0.4 is 0 Å². The van der Waals surface area contributed by atoms with Crippen molar-refractivity contribution in [3.05, 3.63) is 50.6 Å². The van der Waals surface area contributed by atoms with Crippen molar-refractivity contribution in [1.82, 2.24) is 10.2 Å². The van der Waals surface area contributed by atoms with Gasteiger partial charge >= 0.3 is 5.69 Å². The van der Waals surface area contributed by atoms with E-state index < -0.39 is 16.4 Å². The van der Waals surface area contributed by atoms with Gasteiger partial charge in [0, 0.05) is 16.5 Å². The molecule has 0 radical (unpaired) electrons. The van der Waals surface area contributed by atoms with Crippen LogP contribution in [0.1, 0.15) is 0 Å². The fraction of sp³-hybridized carbons (Fsp3) is 0. The van der Waals surface area contributed by atoms with Crippen molar-refractivity contribution < 1.29 is 9.31 Å². The largest absolute Gasteiger partial charge is 0.305 e. The summed E-state index contributed by atoms with van der Waals surface area (Å²) in [4.78, 5) is 12.3. The van der Waals surface area contributed by atoms with Crippen LogP contribution in [0.2, 0.25) is 0 Å². The van der Waals surface area contributed by atoms with E-state index >= 15 is 0 Å². The first kappa shape index (κ1) is 11.6. The predicted octanol–water partition coefficient (Wildman–Crippen LogP) is 3.07. The maximum absolute atomic E-state index is 13.1. The SMILES string of the molecule is [N-]=[N+]=Nc1cc(-c2ccc(F)c([N+](=O)[O-])c2)n[nH]1. The van der Waals surface area contributed by atoms with Gasteiger partial charge in [-0.05, 0) is 28.8 Å². The molecule has 2 rings (SSSR count). The maximum Gasteiger partial charge on any atom is 0.305 e. The number of aromatic nitrogens is 2. The summed E-state index contributed by atoms with van der Waals surface area (Å²) in [5.74, 6) is -0.756. The van der Waals surface area contributed by atoms with Gasteiger partial charge in [0.25, 0.3) is 0 Å². The molecule has 0 unspecified atom stereocenters. The van der Waals surface area contributed by atoms with Gasteiger partial charge in [-0.3, -0.25) is 15.2 Å². The highest BCUT2D eigenvalue weighted by Gasteiger charge is 2.15. The van der Waals surface area contributed by atoms with E-state index in [2.05, 4.69) is 20.2 Å². The number of halogens is 1. The zero-order valence-electron chi connectivity index (χ0n) is 8.74. The van der Waals surface area contributed by atoms with Crippen molar-refractivity contribution >= 4 is 11.5 Å². The molecule has 0 spiro atoms. The molecule has 0 saturated heterocycles. The highest BCUT2D eigenvalue weighted by Crippen LogP contribution is 2.26. The summed E-state index contributed by atoms with van der Waals surface area (Å²) in [7, 11) is 0. The van der Waals surface area contributed by atoms with Crippen molar-refractivity contribution in [3.63, 3.8) is 0 Å². The highest BCUT2D eigenvalue weighted by atomic mass is 19.1. The number of rotatable bonds is 3. The molecule has 0 aliphatic heterocycles. The molecule has 1 aromatic carbocycles. The van der Waals surface area contributed by atoms with E-state index in [1.807, 2.05) is 0 Å². The highest BCUT2D eigenvalue weighted by molar-refractivity contribution is 5.64. The predicted molar refractivity (Wildman–Crippen MR) is 59.4 cm³/mol. The Morgan fingerprint density at radius 1 is 1.50 bits per heavy atom. The number of hydrogen-bond donors (Lipinski definition) is 1. The summed E-state index contributed by atoms with van der Waals surface area (Å²) in [6, 6.07) is 4.79. The van der Waals surface area contributed by atoms with Crippen molar-refractivity contribution in [2.24, 2.45) is 5.11 Å². The molecule has 0 bridgehead atoms. The Kier molecular flexibility index (Phi) is 2.90. The molecule has 8 nitrogen and oxygen atoms in total. The van der Waals surface area contributed by atoms with Gasteiger partial charge in [-0.2, -0.15) is 9.49 Å². The molecule has 90 valence electrons. The fourth-order valence-electron chi connectivity index (χ4n) is 1.37. The molecular formula is C9H5FN6O2. The van der Waals surface area contributed by atoms with Gasteiger partial charge in [-0.15, -0.1) is 0 Å². The van der Waals surface area contributed by atoms with Crippen molar-refractivity contribution in [2.75, 3.05) is 0 Å². The first-order chi connectivity index (χ1) is 8.61. The third-order valence-electron chi connectivity index (χ3n) is 2.16. The minimum absolute atomic E-state index is 0.166. The number of hydrogen-bond acceptors (Lipinski definition) is 4. The Bertz CT molecular complexity index is 661. The lowest BCUT2D eigenvalue weighted by molar-refractivity contribution is -0.387. The quantitative estimate of drug-likeness (QED) is 0.295. The van der Waals surface area contributed by atoms with Gasteiger partial charge in [0.2, 0.25) is 5.82 Å². The molecule has 0 amide bonds. The summed E-state index contributed by atoms with van der Waals surface area (Å²) in [6.45, 7) is 0.